The van der Waals surface area contributed by atoms with Gasteiger partial charge in [-0.25, -0.2) is 0 Å². The predicted octanol–water partition coefficient (Wildman–Crippen LogP) is 1.51. The zero-order valence-electron chi connectivity index (χ0n) is 8.26. The van der Waals surface area contributed by atoms with Gasteiger partial charge in [0.15, 0.2) is 0 Å². The Morgan fingerprint density at radius 2 is 1.85 bits per heavy atom. The molecule has 1 rings (SSSR count). The molecule has 0 radical (unpaired) electrons. The highest BCUT2D eigenvalue weighted by Crippen LogP contribution is 2.16. The lowest BCUT2D eigenvalue weighted by Gasteiger charge is -2.10. The van der Waals surface area contributed by atoms with Crippen molar-refractivity contribution in [1.29, 1.82) is 0 Å². The van der Waals surface area contributed by atoms with Crippen molar-refractivity contribution in [2.24, 2.45) is 0 Å². The Labute approximate surface area is 82.8 Å². The summed E-state index contributed by atoms with van der Waals surface area (Å²) in [4.78, 5) is 0.864. The largest absolute Gasteiger partial charge is 0.263 e. The van der Waals surface area contributed by atoms with Crippen molar-refractivity contribution >= 4 is 29.9 Å². The van der Waals surface area contributed by atoms with E-state index in [0.717, 1.165) is 15.8 Å². The molecule has 0 N–H and O–H groups in total. The molecule has 0 heterocycles. The predicted molar refractivity (Wildman–Crippen MR) is 64.7 cm³/mol. The fourth-order valence-electron chi connectivity index (χ4n) is 1.31. The molecule has 0 saturated carbocycles. The SMILES string of the molecule is C=S(C)(=O)c1cc(P)c(C)cc1C. The lowest BCUT2D eigenvalue weighted by molar-refractivity contribution is 0.684. The molecule has 0 aliphatic heterocycles. The Kier molecular flexibility index (Phi) is 2.84. The van der Waals surface area contributed by atoms with Gasteiger partial charge in [-0.05, 0) is 51.7 Å². The zero-order chi connectivity index (χ0) is 10.2. The summed E-state index contributed by atoms with van der Waals surface area (Å²) in [6, 6.07) is 4.00. The second-order valence-corrected chi connectivity index (χ2v) is 6.55. The van der Waals surface area contributed by atoms with Crippen LogP contribution >= 0.6 is 9.24 Å². The second kappa shape index (κ2) is 3.43. The highest BCUT2D eigenvalue weighted by molar-refractivity contribution is 7.99. The fraction of sp³-hybridized carbons (Fsp3) is 0.300. The molecule has 0 saturated heterocycles. The maximum atomic E-state index is 11.8. The highest BCUT2D eigenvalue weighted by Gasteiger charge is 2.06. The van der Waals surface area contributed by atoms with Gasteiger partial charge in [0, 0.05) is 11.2 Å². The molecule has 0 fully saturated rings. The molecule has 0 bridgehead atoms. The number of benzene rings is 1. The van der Waals surface area contributed by atoms with Crippen molar-refractivity contribution in [2.75, 3.05) is 6.26 Å². The van der Waals surface area contributed by atoms with E-state index in [-0.39, 0.29) is 0 Å². The molecule has 0 aliphatic carbocycles. The van der Waals surface area contributed by atoms with Crippen LogP contribution in [0.1, 0.15) is 11.1 Å². The van der Waals surface area contributed by atoms with Crippen LogP contribution in [0.4, 0.5) is 0 Å². The van der Waals surface area contributed by atoms with Crippen LogP contribution in [-0.2, 0) is 9.52 Å². The van der Waals surface area contributed by atoms with E-state index in [0.29, 0.717) is 0 Å². The first-order valence-electron chi connectivity index (χ1n) is 4.01. The fourth-order valence-corrected chi connectivity index (χ4v) is 2.80. The molecular formula is C10H15OPS. The van der Waals surface area contributed by atoms with Gasteiger partial charge in [-0.2, -0.15) is 0 Å². The van der Waals surface area contributed by atoms with Crippen molar-refractivity contribution in [2.45, 2.75) is 18.7 Å². The minimum Gasteiger partial charge on any atom is -0.263 e. The number of rotatable bonds is 1. The Morgan fingerprint density at radius 1 is 1.31 bits per heavy atom. The van der Waals surface area contributed by atoms with E-state index in [9.17, 15) is 4.21 Å². The van der Waals surface area contributed by atoms with Gasteiger partial charge in [-0.15, -0.1) is 9.24 Å². The average molecular weight is 214 g/mol. The molecule has 1 aromatic rings. The van der Waals surface area contributed by atoms with E-state index in [2.05, 4.69) is 15.1 Å². The quantitative estimate of drug-likeness (QED) is 0.511. The first-order valence-corrected chi connectivity index (χ1v) is 6.72. The number of hydrogen-bond donors (Lipinski definition) is 0. The van der Waals surface area contributed by atoms with Gasteiger partial charge in [-0.3, -0.25) is 4.21 Å². The lowest BCUT2D eigenvalue weighted by Crippen LogP contribution is -2.06. The lowest BCUT2D eigenvalue weighted by atomic mass is 10.2. The van der Waals surface area contributed by atoms with E-state index in [4.69, 9.17) is 0 Å². The minimum atomic E-state index is -2.09. The van der Waals surface area contributed by atoms with Crippen LogP contribution in [0.25, 0.3) is 0 Å². The van der Waals surface area contributed by atoms with Crippen molar-refractivity contribution in [3.05, 3.63) is 23.3 Å². The van der Waals surface area contributed by atoms with Gasteiger partial charge in [0.2, 0.25) is 0 Å². The normalized spacial score (nSPS) is 15.4. The molecule has 0 amide bonds. The summed E-state index contributed by atoms with van der Waals surface area (Å²) in [5.74, 6) is 3.69. The third kappa shape index (κ3) is 2.32. The molecule has 1 nitrogen and oxygen atoms in total. The molecule has 2 atom stereocenters. The standard InChI is InChI=1S/C10H15OPS/c1-7-5-8(2)10(6-9(7)12)13(3,4)11/h5-6H,3,12H2,1-2,4H3. The van der Waals surface area contributed by atoms with Crippen molar-refractivity contribution in [3.63, 3.8) is 0 Å². The van der Waals surface area contributed by atoms with E-state index >= 15 is 0 Å². The van der Waals surface area contributed by atoms with Gasteiger partial charge in [0.25, 0.3) is 0 Å². The molecule has 72 valence electrons. The smallest absolute Gasteiger partial charge is 0.0337 e. The summed E-state index contributed by atoms with van der Waals surface area (Å²) < 4.78 is 11.8. The molecule has 0 spiro atoms. The first-order chi connectivity index (χ1) is 5.82. The molecular weight excluding hydrogens is 199 g/mol. The van der Waals surface area contributed by atoms with Gasteiger partial charge >= 0.3 is 0 Å². The zero-order valence-corrected chi connectivity index (χ0v) is 10.2. The van der Waals surface area contributed by atoms with Crippen molar-refractivity contribution in [1.82, 2.24) is 0 Å². The Hall–Kier alpha value is -0.330. The van der Waals surface area contributed by atoms with Crippen molar-refractivity contribution < 1.29 is 4.21 Å². The average Bonchev–Trinajstić information content (AvgIpc) is 1.94. The summed E-state index contributed by atoms with van der Waals surface area (Å²) >= 11 is 0. The van der Waals surface area contributed by atoms with E-state index in [1.54, 1.807) is 6.26 Å². The minimum absolute atomic E-state index is 0.864. The van der Waals surface area contributed by atoms with Gasteiger partial charge in [0.1, 0.15) is 0 Å². The maximum Gasteiger partial charge on any atom is 0.0337 e. The summed E-state index contributed by atoms with van der Waals surface area (Å²) in [5, 5.41) is 1.10. The monoisotopic (exact) mass is 214 g/mol. The molecule has 0 aliphatic rings. The molecule has 2 unspecified atom stereocenters. The third-order valence-corrected chi connectivity index (χ3v) is 4.02. The molecule has 3 heteroatoms. The summed E-state index contributed by atoms with van der Waals surface area (Å²) in [5.41, 5.74) is 2.26. The van der Waals surface area contributed by atoms with Crippen LogP contribution < -0.4 is 5.30 Å². The van der Waals surface area contributed by atoms with Crippen LogP contribution in [0.3, 0.4) is 0 Å². The molecule has 13 heavy (non-hydrogen) atoms. The van der Waals surface area contributed by atoms with E-state index in [1.165, 1.54) is 5.56 Å². The number of aryl methyl sites for hydroxylation is 2. The van der Waals surface area contributed by atoms with Crippen LogP contribution in [0.15, 0.2) is 17.0 Å². The molecule has 1 aromatic carbocycles. The molecule has 0 aromatic heterocycles. The van der Waals surface area contributed by atoms with E-state index in [1.807, 2.05) is 26.0 Å². The van der Waals surface area contributed by atoms with Crippen LogP contribution in [0.2, 0.25) is 0 Å². The van der Waals surface area contributed by atoms with Gasteiger partial charge in [-0.1, -0.05) is 6.07 Å². The Bertz CT molecular complexity index is 432. The van der Waals surface area contributed by atoms with Crippen LogP contribution in [0.5, 0.6) is 0 Å². The number of hydrogen-bond acceptors (Lipinski definition) is 1. The van der Waals surface area contributed by atoms with Gasteiger partial charge < -0.3 is 0 Å². The van der Waals surface area contributed by atoms with Crippen LogP contribution in [0, 0.1) is 13.8 Å². The maximum absolute atomic E-state index is 11.8. The summed E-state index contributed by atoms with van der Waals surface area (Å²) in [6.45, 7) is 4.01. The van der Waals surface area contributed by atoms with Gasteiger partial charge in [0.05, 0.1) is 0 Å². The topological polar surface area (TPSA) is 17.1 Å². The third-order valence-electron chi connectivity index (χ3n) is 2.03. The van der Waals surface area contributed by atoms with Crippen molar-refractivity contribution in [3.8, 4) is 0 Å². The highest BCUT2D eigenvalue weighted by atomic mass is 32.2. The Balaban J connectivity index is 3.50. The second-order valence-electron chi connectivity index (χ2n) is 3.48. The summed E-state index contributed by atoms with van der Waals surface area (Å²) in [6.07, 6.45) is 1.68. The first kappa shape index (κ1) is 10.7. The summed E-state index contributed by atoms with van der Waals surface area (Å²) in [7, 11) is 0.562. The van der Waals surface area contributed by atoms with E-state index < -0.39 is 9.52 Å². The van der Waals surface area contributed by atoms with Crippen LogP contribution in [-0.4, -0.2) is 16.3 Å². The Morgan fingerprint density at radius 3 is 2.31 bits per heavy atom.